The smallest absolute Gasteiger partial charge is 0.259 e. The predicted octanol–water partition coefficient (Wildman–Crippen LogP) is 1.63. The van der Waals surface area contributed by atoms with Crippen LogP contribution in [0.15, 0.2) is 4.52 Å². The van der Waals surface area contributed by atoms with Gasteiger partial charge in [0.25, 0.3) is 5.91 Å². The quantitative estimate of drug-likeness (QED) is 0.886. The van der Waals surface area contributed by atoms with Crippen LogP contribution in [0.25, 0.3) is 0 Å². The number of aryl methyl sites for hydroxylation is 2. The Bertz CT molecular complexity index is 406. The van der Waals surface area contributed by atoms with Crippen molar-refractivity contribution >= 4 is 5.91 Å². The van der Waals surface area contributed by atoms with Crippen molar-refractivity contribution < 1.29 is 9.32 Å². The summed E-state index contributed by atoms with van der Waals surface area (Å²) in [6.45, 7) is 5.03. The number of likely N-dealkylation sites (tertiary alicyclic amines) is 1. The van der Waals surface area contributed by atoms with E-state index in [-0.39, 0.29) is 11.9 Å². The minimum Gasteiger partial charge on any atom is -0.361 e. The van der Waals surface area contributed by atoms with Gasteiger partial charge in [-0.05, 0) is 46.1 Å². The van der Waals surface area contributed by atoms with E-state index in [9.17, 15) is 4.79 Å². The van der Waals surface area contributed by atoms with Gasteiger partial charge in [-0.1, -0.05) is 5.16 Å². The summed E-state index contributed by atoms with van der Waals surface area (Å²) in [5.41, 5.74) is 6.93. The summed E-state index contributed by atoms with van der Waals surface area (Å²) in [5, 5.41) is 3.86. The molecule has 5 heteroatoms. The molecular formula is C13H21N3O2. The first-order valence-corrected chi connectivity index (χ1v) is 6.59. The minimum absolute atomic E-state index is 0.0457. The Morgan fingerprint density at radius 2 is 2.28 bits per heavy atom. The van der Waals surface area contributed by atoms with E-state index >= 15 is 0 Å². The van der Waals surface area contributed by atoms with Gasteiger partial charge in [0.1, 0.15) is 11.3 Å². The number of carbonyl (C=O) groups is 1. The van der Waals surface area contributed by atoms with Crippen molar-refractivity contribution in [1.29, 1.82) is 0 Å². The monoisotopic (exact) mass is 251 g/mol. The number of carbonyl (C=O) groups excluding carboxylic acids is 1. The average Bonchev–Trinajstić information content (AvgIpc) is 2.69. The zero-order chi connectivity index (χ0) is 13.1. The van der Waals surface area contributed by atoms with Crippen LogP contribution in [-0.2, 0) is 0 Å². The molecule has 1 unspecified atom stereocenters. The number of hydrogen-bond acceptors (Lipinski definition) is 4. The number of hydrogen-bond donors (Lipinski definition) is 1. The maximum atomic E-state index is 12.6. The van der Waals surface area contributed by atoms with Gasteiger partial charge in [0, 0.05) is 12.6 Å². The van der Waals surface area contributed by atoms with Crippen LogP contribution in [-0.4, -0.2) is 35.1 Å². The van der Waals surface area contributed by atoms with Crippen LogP contribution in [0.4, 0.5) is 0 Å². The van der Waals surface area contributed by atoms with Gasteiger partial charge in [0.15, 0.2) is 0 Å². The second-order valence-electron chi connectivity index (χ2n) is 4.92. The molecule has 1 aromatic heterocycles. The molecule has 1 saturated heterocycles. The lowest BCUT2D eigenvalue weighted by Crippen LogP contribution is -2.44. The minimum atomic E-state index is 0.0457. The summed E-state index contributed by atoms with van der Waals surface area (Å²) in [5.74, 6) is 0.652. The zero-order valence-corrected chi connectivity index (χ0v) is 11.1. The molecule has 0 saturated carbocycles. The molecule has 1 amide bonds. The van der Waals surface area contributed by atoms with E-state index in [1.54, 1.807) is 6.92 Å². The molecule has 2 rings (SSSR count). The third kappa shape index (κ3) is 2.41. The first-order valence-electron chi connectivity index (χ1n) is 6.59. The van der Waals surface area contributed by atoms with E-state index in [1.165, 1.54) is 6.42 Å². The summed E-state index contributed by atoms with van der Waals surface area (Å²) in [6.07, 6.45) is 4.16. The Morgan fingerprint density at radius 3 is 2.89 bits per heavy atom. The maximum absolute atomic E-state index is 12.6. The van der Waals surface area contributed by atoms with Crippen molar-refractivity contribution in [1.82, 2.24) is 10.1 Å². The van der Waals surface area contributed by atoms with Gasteiger partial charge in [0.2, 0.25) is 0 Å². The van der Waals surface area contributed by atoms with Crippen LogP contribution >= 0.6 is 0 Å². The van der Waals surface area contributed by atoms with Crippen LogP contribution in [0.5, 0.6) is 0 Å². The van der Waals surface area contributed by atoms with Crippen molar-refractivity contribution in [2.45, 2.75) is 45.6 Å². The molecule has 1 aliphatic rings. The molecule has 100 valence electrons. The average molecular weight is 251 g/mol. The molecular weight excluding hydrogens is 230 g/mol. The fourth-order valence-electron chi connectivity index (χ4n) is 2.69. The topological polar surface area (TPSA) is 72.4 Å². The molecule has 1 aliphatic heterocycles. The number of piperidine rings is 1. The standard InChI is InChI=1S/C13H21N3O2/c1-9-12(10(2)18-15-9)13(17)16-8-4-3-5-11(16)6-7-14/h11H,3-8,14H2,1-2H3. The highest BCUT2D eigenvalue weighted by atomic mass is 16.5. The molecule has 0 radical (unpaired) electrons. The van der Waals surface area contributed by atoms with Gasteiger partial charge in [-0.25, -0.2) is 0 Å². The van der Waals surface area contributed by atoms with Gasteiger partial charge < -0.3 is 15.2 Å². The van der Waals surface area contributed by atoms with E-state index in [0.717, 1.165) is 25.8 Å². The number of nitrogens with two attached hydrogens (primary N) is 1. The highest BCUT2D eigenvalue weighted by molar-refractivity contribution is 5.96. The normalized spacial score (nSPS) is 20.2. The van der Waals surface area contributed by atoms with Crippen LogP contribution in [0.1, 0.15) is 47.5 Å². The van der Waals surface area contributed by atoms with E-state index in [2.05, 4.69) is 5.16 Å². The van der Waals surface area contributed by atoms with Gasteiger partial charge in [-0.2, -0.15) is 0 Å². The van der Waals surface area contributed by atoms with Crippen LogP contribution in [0.3, 0.4) is 0 Å². The van der Waals surface area contributed by atoms with Crippen LogP contribution in [0, 0.1) is 13.8 Å². The number of amides is 1. The summed E-state index contributed by atoms with van der Waals surface area (Å²) in [4.78, 5) is 14.5. The summed E-state index contributed by atoms with van der Waals surface area (Å²) >= 11 is 0. The Hall–Kier alpha value is -1.36. The van der Waals surface area contributed by atoms with E-state index in [4.69, 9.17) is 10.3 Å². The van der Waals surface area contributed by atoms with E-state index in [1.807, 2.05) is 11.8 Å². The zero-order valence-electron chi connectivity index (χ0n) is 11.1. The second-order valence-corrected chi connectivity index (χ2v) is 4.92. The highest BCUT2D eigenvalue weighted by Gasteiger charge is 2.30. The fraction of sp³-hybridized carbons (Fsp3) is 0.692. The molecule has 0 aromatic carbocycles. The molecule has 0 spiro atoms. The van der Waals surface area contributed by atoms with Crippen molar-refractivity contribution in [2.24, 2.45) is 5.73 Å². The van der Waals surface area contributed by atoms with Crippen molar-refractivity contribution in [3.63, 3.8) is 0 Å². The fourth-order valence-corrected chi connectivity index (χ4v) is 2.69. The Morgan fingerprint density at radius 1 is 1.50 bits per heavy atom. The SMILES string of the molecule is Cc1noc(C)c1C(=O)N1CCCCC1CCN. The third-order valence-electron chi connectivity index (χ3n) is 3.64. The van der Waals surface area contributed by atoms with Crippen molar-refractivity contribution in [3.8, 4) is 0 Å². The lowest BCUT2D eigenvalue weighted by molar-refractivity contribution is 0.0602. The Balaban J connectivity index is 2.21. The molecule has 1 fully saturated rings. The second kappa shape index (κ2) is 5.52. The van der Waals surface area contributed by atoms with Gasteiger partial charge in [-0.3, -0.25) is 4.79 Å². The summed E-state index contributed by atoms with van der Waals surface area (Å²) in [6, 6.07) is 0.268. The molecule has 0 bridgehead atoms. The number of aromatic nitrogens is 1. The molecule has 0 aliphatic carbocycles. The number of rotatable bonds is 3. The first kappa shape index (κ1) is 13.1. The van der Waals surface area contributed by atoms with Crippen molar-refractivity contribution in [2.75, 3.05) is 13.1 Å². The van der Waals surface area contributed by atoms with Gasteiger partial charge in [0.05, 0.1) is 5.69 Å². The largest absolute Gasteiger partial charge is 0.361 e. The lowest BCUT2D eigenvalue weighted by Gasteiger charge is -2.35. The molecule has 18 heavy (non-hydrogen) atoms. The van der Waals surface area contributed by atoms with Gasteiger partial charge >= 0.3 is 0 Å². The first-order chi connectivity index (χ1) is 8.65. The molecule has 1 aromatic rings. The van der Waals surface area contributed by atoms with Crippen LogP contribution in [0.2, 0.25) is 0 Å². The third-order valence-corrected chi connectivity index (χ3v) is 3.64. The van der Waals surface area contributed by atoms with E-state index < -0.39 is 0 Å². The predicted molar refractivity (Wildman–Crippen MR) is 68.3 cm³/mol. The highest BCUT2D eigenvalue weighted by Crippen LogP contribution is 2.24. The van der Waals surface area contributed by atoms with Crippen molar-refractivity contribution in [3.05, 3.63) is 17.0 Å². The Labute approximate surface area is 107 Å². The van der Waals surface area contributed by atoms with E-state index in [0.29, 0.717) is 23.6 Å². The lowest BCUT2D eigenvalue weighted by atomic mass is 9.98. The molecule has 2 N–H and O–H groups in total. The summed E-state index contributed by atoms with van der Waals surface area (Å²) < 4.78 is 5.08. The molecule has 1 atom stereocenters. The number of nitrogens with zero attached hydrogens (tertiary/aromatic N) is 2. The maximum Gasteiger partial charge on any atom is 0.259 e. The van der Waals surface area contributed by atoms with Crippen LogP contribution < -0.4 is 5.73 Å². The van der Waals surface area contributed by atoms with Gasteiger partial charge in [-0.15, -0.1) is 0 Å². The molecule has 5 nitrogen and oxygen atoms in total. The Kier molecular flexibility index (Phi) is 4.01. The molecule has 2 heterocycles. The summed E-state index contributed by atoms with van der Waals surface area (Å²) in [7, 11) is 0.